The molecule has 6 aromatic rings. The van der Waals surface area contributed by atoms with Crippen LogP contribution in [-0.4, -0.2) is 30.1 Å². The maximum atomic E-state index is 11.1. The van der Waals surface area contributed by atoms with Gasteiger partial charge in [-0.05, 0) is 70.6 Å². The molecule has 1 N–H and O–H groups in total. The van der Waals surface area contributed by atoms with E-state index in [9.17, 15) is 10.1 Å². The number of aromatic nitrogens is 5. The molecule has 2 aromatic heterocycles. The molecular formula is C36H33N7O2. The number of anilines is 1. The van der Waals surface area contributed by atoms with E-state index in [2.05, 4.69) is 96.2 Å². The summed E-state index contributed by atoms with van der Waals surface area (Å²) in [5.41, 5.74) is 11.5. The van der Waals surface area contributed by atoms with Gasteiger partial charge in [0.15, 0.2) is 5.82 Å². The third-order valence-corrected chi connectivity index (χ3v) is 7.88. The van der Waals surface area contributed by atoms with Gasteiger partial charge in [0.05, 0.1) is 16.3 Å². The second-order valence-corrected chi connectivity index (χ2v) is 10.8. The summed E-state index contributed by atoms with van der Waals surface area (Å²) in [5.74, 6) is 0.546. The quantitative estimate of drug-likeness (QED) is 0.126. The lowest BCUT2D eigenvalue weighted by Gasteiger charge is -2.18. The minimum absolute atomic E-state index is 0.00951. The minimum atomic E-state index is -0.427. The Balaban J connectivity index is 1.27. The molecule has 0 aliphatic carbocycles. The lowest BCUT2D eigenvalue weighted by Crippen LogP contribution is -2.06. The van der Waals surface area contributed by atoms with Crippen molar-refractivity contribution in [3.63, 3.8) is 0 Å². The fraction of sp³-hybridized carbons (Fsp3) is 0.167. The van der Waals surface area contributed by atoms with Gasteiger partial charge in [-0.3, -0.25) is 15.1 Å². The third kappa shape index (κ3) is 6.19. The van der Waals surface area contributed by atoms with E-state index in [1.807, 2.05) is 24.3 Å². The highest BCUT2D eigenvalue weighted by atomic mass is 16.6. The maximum absolute atomic E-state index is 11.1. The Bertz CT molecular complexity index is 1950. The molecule has 0 radical (unpaired) electrons. The van der Waals surface area contributed by atoms with Crippen LogP contribution in [0, 0.1) is 17.0 Å². The number of tetrazole rings is 1. The zero-order valence-corrected chi connectivity index (χ0v) is 25.4. The van der Waals surface area contributed by atoms with Gasteiger partial charge in [-0.1, -0.05) is 92.2 Å². The molecule has 0 unspecified atom stereocenters. The molecule has 0 atom stereocenters. The van der Waals surface area contributed by atoms with Gasteiger partial charge in [0.2, 0.25) is 0 Å². The van der Waals surface area contributed by atoms with E-state index in [1.54, 1.807) is 16.8 Å². The number of non-ortho nitro benzene ring substituents is 1. The molecule has 45 heavy (non-hydrogen) atoms. The second-order valence-electron chi connectivity index (χ2n) is 10.8. The average molecular weight is 596 g/mol. The van der Waals surface area contributed by atoms with Gasteiger partial charge in [-0.15, -0.1) is 5.10 Å². The Hall–Kier alpha value is -5.70. The van der Waals surface area contributed by atoms with Crippen molar-refractivity contribution in [3.8, 4) is 39.3 Å². The van der Waals surface area contributed by atoms with Crippen molar-refractivity contribution >= 4 is 11.4 Å². The number of nitrogens with one attached hydrogen (secondary N) is 1. The number of aryl methyl sites for hydroxylation is 3. The van der Waals surface area contributed by atoms with Crippen LogP contribution in [0.25, 0.3) is 39.3 Å². The van der Waals surface area contributed by atoms with Crippen molar-refractivity contribution in [3.05, 3.63) is 136 Å². The summed E-state index contributed by atoms with van der Waals surface area (Å²) in [5, 5.41) is 27.2. The molecule has 0 aliphatic heterocycles. The van der Waals surface area contributed by atoms with Crippen LogP contribution in [0.4, 0.5) is 11.4 Å². The van der Waals surface area contributed by atoms with Crippen LogP contribution in [0.2, 0.25) is 0 Å². The fourth-order valence-electron chi connectivity index (χ4n) is 5.45. The molecule has 0 saturated heterocycles. The zero-order valence-electron chi connectivity index (χ0n) is 25.4. The first kappa shape index (κ1) is 29.4. The lowest BCUT2D eigenvalue weighted by molar-refractivity contribution is -0.384. The summed E-state index contributed by atoms with van der Waals surface area (Å²) < 4.78 is 1.59. The van der Waals surface area contributed by atoms with Crippen LogP contribution in [0.1, 0.15) is 36.4 Å². The molecule has 0 aliphatic rings. The first-order chi connectivity index (χ1) is 21.9. The summed E-state index contributed by atoms with van der Waals surface area (Å²) in [6.07, 6.45) is 1.73. The number of nitrogens with zero attached hydrogens (tertiary/aromatic N) is 6. The summed E-state index contributed by atoms with van der Waals surface area (Å²) >= 11 is 0. The summed E-state index contributed by atoms with van der Waals surface area (Å²) in [6.45, 7) is 7.06. The lowest BCUT2D eigenvalue weighted by atomic mass is 9.97. The SMILES string of the molecule is CCc1cc(NCc2ccc(-c3ccccc3-c3nnnn3-c3ccc([N+](=O)[O-])cc3)cc2)c(-c2ccc(C)cc2)c(CC)n1. The fourth-order valence-corrected chi connectivity index (χ4v) is 5.45. The monoisotopic (exact) mass is 595 g/mol. The van der Waals surface area contributed by atoms with Crippen molar-refractivity contribution in [2.45, 2.75) is 40.2 Å². The van der Waals surface area contributed by atoms with Gasteiger partial charge in [0.25, 0.3) is 5.69 Å². The van der Waals surface area contributed by atoms with E-state index in [1.165, 1.54) is 17.7 Å². The summed E-state index contributed by atoms with van der Waals surface area (Å²) in [6, 6.07) is 33.4. The Morgan fingerprint density at radius 3 is 2.18 bits per heavy atom. The minimum Gasteiger partial charge on any atom is -0.380 e. The number of hydrogen-bond donors (Lipinski definition) is 1. The van der Waals surface area contributed by atoms with Crippen LogP contribution in [0.15, 0.2) is 103 Å². The Morgan fingerprint density at radius 1 is 0.822 bits per heavy atom. The number of benzene rings is 4. The van der Waals surface area contributed by atoms with Crippen molar-refractivity contribution < 1.29 is 4.92 Å². The number of hydrogen-bond acceptors (Lipinski definition) is 7. The number of pyridine rings is 1. The van der Waals surface area contributed by atoms with Crippen molar-refractivity contribution in [1.82, 2.24) is 25.2 Å². The normalized spacial score (nSPS) is 11.0. The zero-order chi connectivity index (χ0) is 31.3. The van der Waals surface area contributed by atoms with Gasteiger partial charge < -0.3 is 5.32 Å². The van der Waals surface area contributed by atoms with Crippen molar-refractivity contribution in [1.29, 1.82) is 0 Å². The molecule has 9 heteroatoms. The van der Waals surface area contributed by atoms with E-state index in [0.717, 1.165) is 63.3 Å². The predicted octanol–water partition coefficient (Wildman–Crippen LogP) is 8.01. The summed E-state index contributed by atoms with van der Waals surface area (Å²) in [4.78, 5) is 15.6. The molecule has 0 saturated carbocycles. The van der Waals surface area contributed by atoms with E-state index < -0.39 is 4.92 Å². The molecule has 4 aromatic carbocycles. The van der Waals surface area contributed by atoms with E-state index in [-0.39, 0.29) is 5.69 Å². The van der Waals surface area contributed by atoms with Crippen LogP contribution >= 0.6 is 0 Å². The highest BCUT2D eigenvalue weighted by Gasteiger charge is 2.17. The Labute approximate surface area is 261 Å². The first-order valence-corrected chi connectivity index (χ1v) is 15.0. The number of nitro benzene ring substituents is 1. The van der Waals surface area contributed by atoms with Crippen molar-refractivity contribution in [2.24, 2.45) is 0 Å². The number of rotatable bonds is 10. The van der Waals surface area contributed by atoms with E-state index >= 15 is 0 Å². The van der Waals surface area contributed by atoms with Crippen molar-refractivity contribution in [2.75, 3.05) is 5.32 Å². The molecular weight excluding hydrogens is 562 g/mol. The predicted molar refractivity (Wildman–Crippen MR) is 177 cm³/mol. The first-order valence-electron chi connectivity index (χ1n) is 15.0. The topological polar surface area (TPSA) is 112 Å². The van der Waals surface area contributed by atoms with Gasteiger partial charge in [-0.25, -0.2) is 0 Å². The molecule has 0 amide bonds. The Kier molecular flexibility index (Phi) is 8.41. The second kappa shape index (κ2) is 12.9. The molecule has 6 rings (SSSR count). The molecule has 224 valence electrons. The van der Waals surface area contributed by atoms with Crippen LogP contribution in [-0.2, 0) is 19.4 Å². The molecule has 0 fully saturated rings. The summed E-state index contributed by atoms with van der Waals surface area (Å²) in [7, 11) is 0. The van der Waals surface area contributed by atoms with Crippen LogP contribution in [0.3, 0.4) is 0 Å². The highest BCUT2D eigenvalue weighted by molar-refractivity contribution is 5.82. The molecule has 0 spiro atoms. The van der Waals surface area contributed by atoms with Gasteiger partial charge in [-0.2, -0.15) is 4.68 Å². The van der Waals surface area contributed by atoms with Gasteiger partial charge in [0, 0.05) is 41.2 Å². The van der Waals surface area contributed by atoms with Gasteiger partial charge >= 0.3 is 0 Å². The Morgan fingerprint density at radius 2 is 1.51 bits per heavy atom. The van der Waals surface area contributed by atoms with Gasteiger partial charge in [0.1, 0.15) is 0 Å². The highest BCUT2D eigenvalue weighted by Crippen LogP contribution is 2.34. The molecule has 2 heterocycles. The van der Waals surface area contributed by atoms with Crippen LogP contribution in [0.5, 0.6) is 0 Å². The van der Waals surface area contributed by atoms with E-state index in [0.29, 0.717) is 18.1 Å². The third-order valence-electron chi connectivity index (χ3n) is 7.88. The van der Waals surface area contributed by atoms with E-state index in [4.69, 9.17) is 4.98 Å². The smallest absolute Gasteiger partial charge is 0.269 e. The molecule has 0 bridgehead atoms. The maximum Gasteiger partial charge on any atom is 0.269 e. The largest absolute Gasteiger partial charge is 0.380 e. The number of nitro groups is 1. The standard InChI is InChI=1S/C36H33N7O2/c1-4-28-22-34(35(33(5-2)38-28)27-14-10-24(3)11-15-27)37-23-25-12-16-26(17-13-25)31-8-6-7-9-32(31)36-39-40-41-42(36)29-18-20-30(21-19-29)43(44)45/h6-22H,4-5,23H2,1-3H3,(H,37,38). The average Bonchev–Trinajstić information content (AvgIpc) is 3.57. The molecule has 9 nitrogen and oxygen atoms in total. The van der Waals surface area contributed by atoms with Crippen LogP contribution < -0.4 is 5.32 Å².